The van der Waals surface area contributed by atoms with Crippen molar-refractivity contribution in [3.8, 4) is 22.3 Å². The zero-order valence-electron chi connectivity index (χ0n) is 52.6. The Kier molecular flexibility index (Phi) is 16.6. The van der Waals surface area contributed by atoms with Gasteiger partial charge in [-0.15, -0.1) is 0 Å². The summed E-state index contributed by atoms with van der Waals surface area (Å²) in [4.78, 5) is 86.0. The predicted molar refractivity (Wildman–Crippen MR) is 346 cm³/mol. The van der Waals surface area contributed by atoms with Crippen LogP contribution in [-0.2, 0) is 52.3 Å². The Morgan fingerprint density at radius 1 is 0.584 bits per heavy atom. The van der Waals surface area contributed by atoms with E-state index in [4.69, 9.17) is 14.2 Å². The lowest BCUT2D eigenvalue weighted by molar-refractivity contribution is -0.166. The zero-order valence-corrected chi connectivity index (χ0v) is 52.6. The van der Waals surface area contributed by atoms with Crippen LogP contribution in [0.4, 0.5) is 25.8 Å². The third-order valence-electron chi connectivity index (χ3n) is 21.4. The Balaban J connectivity index is 0.734. The molecular weight excluding hydrogens is 1110 g/mol. The molecule has 4 N–H and O–H groups in total. The number of aryl methyl sites for hydroxylation is 2. The van der Waals surface area contributed by atoms with E-state index < -0.39 is 52.2 Å². The maximum atomic E-state index is 15.8. The fourth-order valence-corrected chi connectivity index (χ4v) is 17.3. The van der Waals surface area contributed by atoms with E-state index in [1.807, 2.05) is 81.4 Å². The second kappa shape index (κ2) is 24.3. The van der Waals surface area contributed by atoms with Gasteiger partial charge in [-0.1, -0.05) is 143 Å². The number of alkyl carbamates (subject to hydrolysis) is 2. The molecule has 6 aliphatic carbocycles. The Morgan fingerprint density at radius 2 is 1.07 bits per heavy atom. The van der Waals surface area contributed by atoms with Gasteiger partial charge >= 0.3 is 18.3 Å². The van der Waals surface area contributed by atoms with Crippen molar-refractivity contribution >= 4 is 47.9 Å². The Morgan fingerprint density at radius 3 is 1.60 bits per heavy atom. The molecular formula is C75H85N5O9. The fourth-order valence-electron chi connectivity index (χ4n) is 17.3. The number of benzene rings is 6. The van der Waals surface area contributed by atoms with E-state index in [-0.39, 0.29) is 54.6 Å². The van der Waals surface area contributed by atoms with Gasteiger partial charge in [0.25, 0.3) is 0 Å². The minimum Gasteiger partial charge on any atom is -0.449 e. The van der Waals surface area contributed by atoms with E-state index in [2.05, 4.69) is 122 Å². The normalized spacial score (nSPS) is 24.0. The average molecular weight is 1200 g/mol. The van der Waals surface area contributed by atoms with Crippen LogP contribution < -0.4 is 21.3 Å². The van der Waals surface area contributed by atoms with Gasteiger partial charge in [-0.25, -0.2) is 14.4 Å². The average Bonchev–Trinajstić information content (AvgIpc) is 1.64. The number of rotatable bonds is 16. The molecule has 14 nitrogen and oxygen atoms in total. The van der Waals surface area contributed by atoms with E-state index in [9.17, 15) is 24.0 Å². The molecule has 0 unspecified atom stereocenters. The van der Waals surface area contributed by atoms with Crippen LogP contribution in [0.25, 0.3) is 22.3 Å². The molecule has 7 atom stereocenters. The minimum atomic E-state index is -0.985. The van der Waals surface area contributed by atoms with Crippen LogP contribution in [0.3, 0.4) is 0 Å². The molecule has 0 bridgehead atoms. The molecule has 14 heteroatoms. The standard InChI is InChI=1S/C75H85N5O9/c1-71(2,3)89-70(86)78-50-34-30-48-32-36-65-73(5,62(48)43-50)38-19-40-75(65,7)80(46-81)67(83)74(6)39-18-37-72(4)61-42-49(33-29-47(61)31-35-64(72)74)77-66(82)63(79-69(85)88-45-60-57-26-14-10-22-53(57)54-23-11-15-27-58(54)60)28-16-17-41-76-68(84)87-44-59-55-24-12-8-20-51(55)52-21-9-13-25-56(52)59/h8-15,20-27,29-30,33-34,42-43,46,59-60,63-65H,16-19,28,31-32,35-41,44-45H2,1-7H3,(H,76,84)(H,77,82)(H,78,86)(H,79,85)/t63-,64+,65+,72+,73+,74-,75-/m0/s1. The summed E-state index contributed by atoms with van der Waals surface area (Å²) in [5, 5.41) is 12.0. The number of hydrogen-bond donors (Lipinski definition) is 4. The molecule has 6 aromatic carbocycles. The van der Waals surface area contributed by atoms with Crippen LogP contribution >= 0.6 is 0 Å². The van der Waals surface area contributed by atoms with E-state index in [0.717, 1.165) is 113 Å². The molecule has 12 rings (SSSR count). The molecule has 6 amide bonds. The van der Waals surface area contributed by atoms with Crippen molar-refractivity contribution in [2.45, 2.75) is 172 Å². The van der Waals surface area contributed by atoms with Crippen molar-refractivity contribution < 1.29 is 43.0 Å². The first-order valence-corrected chi connectivity index (χ1v) is 32.3. The first kappa shape index (κ1) is 61.0. The molecule has 6 aromatic rings. The van der Waals surface area contributed by atoms with E-state index in [1.54, 1.807) is 4.90 Å². The van der Waals surface area contributed by atoms with Gasteiger partial charge in [0.15, 0.2) is 0 Å². The number of fused-ring (bicyclic) bond motifs is 12. The summed E-state index contributed by atoms with van der Waals surface area (Å²) < 4.78 is 17.4. The number of carbonyl (C=O) groups is 6. The molecule has 464 valence electrons. The van der Waals surface area contributed by atoms with Gasteiger partial charge in [0.2, 0.25) is 18.2 Å². The van der Waals surface area contributed by atoms with E-state index in [1.165, 1.54) is 11.1 Å². The number of unbranched alkanes of at least 4 members (excludes halogenated alkanes) is 1. The fraction of sp³-hybridized carbons (Fsp3) is 0.440. The zero-order chi connectivity index (χ0) is 62.5. The van der Waals surface area contributed by atoms with Crippen LogP contribution in [0.5, 0.6) is 0 Å². The first-order chi connectivity index (χ1) is 42.7. The maximum absolute atomic E-state index is 15.8. The summed E-state index contributed by atoms with van der Waals surface area (Å²) >= 11 is 0. The number of hydrogen-bond acceptors (Lipinski definition) is 9. The summed E-state index contributed by atoms with van der Waals surface area (Å²) in [6, 6.07) is 43.9. The second-order valence-corrected chi connectivity index (χ2v) is 27.9. The van der Waals surface area contributed by atoms with Crippen LogP contribution in [0.1, 0.15) is 175 Å². The third-order valence-corrected chi connectivity index (χ3v) is 21.4. The number of anilines is 2. The third kappa shape index (κ3) is 11.5. The Labute approximate surface area is 523 Å². The van der Waals surface area contributed by atoms with Crippen LogP contribution in [-0.4, -0.2) is 78.3 Å². The van der Waals surface area contributed by atoms with Crippen LogP contribution in [0.15, 0.2) is 133 Å². The molecule has 0 radical (unpaired) electrons. The molecule has 6 aliphatic rings. The minimum absolute atomic E-state index is 0.0210. The van der Waals surface area contributed by atoms with Crippen molar-refractivity contribution in [1.82, 2.24) is 15.5 Å². The van der Waals surface area contributed by atoms with Gasteiger partial charge in [-0.3, -0.25) is 24.6 Å². The number of amides is 6. The molecule has 0 spiro atoms. The van der Waals surface area contributed by atoms with Crippen LogP contribution in [0, 0.1) is 17.3 Å². The number of ether oxygens (including phenoxy) is 3. The topological polar surface area (TPSA) is 181 Å². The Bertz CT molecular complexity index is 3650. The summed E-state index contributed by atoms with van der Waals surface area (Å²) in [7, 11) is 0. The highest BCUT2D eigenvalue weighted by Gasteiger charge is 2.61. The van der Waals surface area contributed by atoms with Gasteiger partial charge < -0.3 is 30.2 Å². The van der Waals surface area contributed by atoms with Crippen molar-refractivity contribution in [3.05, 3.63) is 178 Å². The predicted octanol–water partition coefficient (Wildman–Crippen LogP) is 15.0. The quantitative estimate of drug-likeness (QED) is 0.0416. The van der Waals surface area contributed by atoms with E-state index >= 15 is 4.79 Å². The summed E-state index contributed by atoms with van der Waals surface area (Å²) in [5.74, 6) is -0.886. The summed E-state index contributed by atoms with van der Waals surface area (Å²) in [6.07, 6.45) is 8.12. The highest BCUT2D eigenvalue weighted by Crippen LogP contribution is 2.61. The van der Waals surface area contributed by atoms with Crippen molar-refractivity contribution in [2.75, 3.05) is 30.4 Å². The number of carbonyl (C=O) groups excluding carboxylic acids is 6. The number of imide groups is 1. The summed E-state index contributed by atoms with van der Waals surface area (Å²) in [5.41, 5.74) is 11.7. The largest absolute Gasteiger partial charge is 0.449 e. The summed E-state index contributed by atoms with van der Waals surface area (Å²) in [6.45, 7) is 14.9. The second-order valence-electron chi connectivity index (χ2n) is 27.9. The van der Waals surface area contributed by atoms with Crippen molar-refractivity contribution in [1.29, 1.82) is 0 Å². The van der Waals surface area contributed by atoms with Crippen LogP contribution in [0.2, 0.25) is 0 Å². The first-order valence-electron chi connectivity index (χ1n) is 32.3. The van der Waals surface area contributed by atoms with E-state index in [0.29, 0.717) is 43.6 Å². The Hall–Kier alpha value is -8.26. The van der Waals surface area contributed by atoms with Crippen molar-refractivity contribution in [2.24, 2.45) is 17.3 Å². The van der Waals surface area contributed by atoms with Gasteiger partial charge in [0, 0.05) is 29.8 Å². The highest BCUT2D eigenvalue weighted by atomic mass is 16.6. The molecule has 89 heavy (non-hydrogen) atoms. The SMILES string of the molecule is CC(C)(C)OC(=O)Nc1ccc2c(c1)[C@@]1(C)CCC[C@](C)(N(C=O)C(=O)[C@@]3(C)CCC[C@]4(C)c5cc(NC(=O)[C@H](CCCCNC(=O)OCC6c7ccccc7-c7ccccc76)NC(=O)OCC6c7ccccc7-c7ccccc76)ccc5CC[C@@H]34)[C@@H]1CC2. The van der Waals surface area contributed by atoms with Gasteiger partial charge in [-0.05, 0) is 212 Å². The van der Waals surface area contributed by atoms with Gasteiger partial charge in [0.1, 0.15) is 24.9 Å². The van der Waals surface area contributed by atoms with Gasteiger partial charge in [-0.2, -0.15) is 0 Å². The monoisotopic (exact) mass is 1200 g/mol. The smallest absolute Gasteiger partial charge is 0.412 e. The molecule has 2 fully saturated rings. The molecule has 2 saturated carbocycles. The molecule has 0 heterocycles. The maximum Gasteiger partial charge on any atom is 0.412 e. The molecule has 0 aliphatic heterocycles. The lowest BCUT2D eigenvalue weighted by Gasteiger charge is -2.60. The van der Waals surface area contributed by atoms with Gasteiger partial charge in [0.05, 0.1) is 11.0 Å². The molecule has 0 saturated heterocycles. The number of nitrogens with zero attached hydrogens (tertiary/aromatic N) is 1. The lowest BCUT2D eigenvalue weighted by atomic mass is 9.48. The molecule has 0 aromatic heterocycles. The van der Waals surface area contributed by atoms with Crippen molar-refractivity contribution in [3.63, 3.8) is 0 Å². The highest BCUT2D eigenvalue weighted by molar-refractivity contribution is 5.97. The number of nitrogens with one attached hydrogen (secondary N) is 4. The lowest BCUT2D eigenvalue weighted by Crippen LogP contribution is -2.66.